The summed E-state index contributed by atoms with van der Waals surface area (Å²) >= 11 is 7.26. The van der Waals surface area contributed by atoms with Crippen LogP contribution in [-0.4, -0.2) is 21.1 Å². The Bertz CT molecular complexity index is 878. The van der Waals surface area contributed by atoms with Crippen LogP contribution >= 0.6 is 35.3 Å². The van der Waals surface area contributed by atoms with Gasteiger partial charge in [-0.25, -0.2) is 9.37 Å². The first-order chi connectivity index (χ1) is 11.5. The van der Waals surface area contributed by atoms with E-state index in [1.165, 1.54) is 35.3 Å². The number of benzene rings is 1. The maximum atomic E-state index is 14.0. The van der Waals surface area contributed by atoms with Gasteiger partial charge in [0.25, 0.3) is 5.91 Å². The molecule has 0 radical (unpaired) electrons. The third-order valence-corrected chi connectivity index (χ3v) is 5.04. The van der Waals surface area contributed by atoms with Crippen molar-refractivity contribution < 1.29 is 14.0 Å². The summed E-state index contributed by atoms with van der Waals surface area (Å²) in [5.41, 5.74) is 0.632. The fraction of sp³-hybridized carbons (Fsp3) is 0.0667. The number of amides is 2. The van der Waals surface area contributed by atoms with Crippen molar-refractivity contribution >= 4 is 68.3 Å². The summed E-state index contributed by atoms with van der Waals surface area (Å²) in [7, 11) is 0. The maximum Gasteiger partial charge on any atom is 0.263 e. The van der Waals surface area contributed by atoms with Crippen LogP contribution < -0.4 is 10.2 Å². The van der Waals surface area contributed by atoms with E-state index >= 15 is 0 Å². The second-order valence-electron chi connectivity index (χ2n) is 4.71. The Morgan fingerprint density at radius 3 is 2.79 bits per heavy atom. The van der Waals surface area contributed by atoms with E-state index in [4.69, 9.17) is 12.2 Å². The summed E-state index contributed by atoms with van der Waals surface area (Å²) in [4.78, 5) is 29.6. The van der Waals surface area contributed by atoms with Crippen molar-refractivity contribution in [2.75, 3.05) is 4.90 Å². The molecule has 1 fully saturated rings. The first-order valence-electron chi connectivity index (χ1n) is 6.71. The van der Waals surface area contributed by atoms with Gasteiger partial charge in [0, 0.05) is 12.3 Å². The Labute approximate surface area is 150 Å². The first kappa shape index (κ1) is 16.7. The van der Waals surface area contributed by atoms with Gasteiger partial charge in [-0.15, -0.1) is 11.3 Å². The summed E-state index contributed by atoms with van der Waals surface area (Å²) in [5.74, 6) is -1.15. The van der Waals surface area contributed by atoms with Crippen LogP contribution in [0.2, 0.25) is 0 Å². The SMILES string of the molecule is CC(=O)N(c1nc(/C=C2\SC(=S)NC2=O)cs1)c1ccccc1F. The summed E-state index contributed by atoms with van der Waals surface area (Å²) in [6.07, 6.45) is 1.58. The van der Waals surface area contributed by atoms with Crippen LogP contribution in [0.3, 0.4) is 0 Å². The standard InChI is InChI=1S/C15H10FN3O2S3/c1-8(20)19(11-5-3-2-4-10(11)16)14-17-9(7-23-14)6-12-13(21)18-15(22)24-12/h2-7H,1H3,(H,18,21,22)/b12-6-. The van der Waals surface area contributed by atoms with E-state index in [9.17, 15) is 14.0 Å². The lowest BCUT2D eigenvalue weighted by Crippen LogP contribution is -2.23. The highest BCUT2D eigenvalue weighted by atomic mass is 32.2. The number of thiazole rings is 1. The smallest absolute Gasteiger partial charge is 0.263 e. The topological polar surface area (TPSA) is 62.3 Å². The van der Waals surface area contributed by atoms with Gasteiger partial charge < -0.3 is 5.32 Å². The Balaban J connectivity index is 1.95. The van der Waals surface area contributed by atoms with Crippen LogP contribution in [0, 0.1) is 5.82 Å². The van der Waals surface area contributed by atoms with Gasteiger partial charge in [0.2, 0.25) is 5.91 Å². The molecule has 24 heavy (non-hydrogen) atoms. The van der Waals surface area contributed by atoms with Gasteiger partial charge in [-0.05, 0) is 18.2 Å². The largest absolute Gasteiger partial charge is 0.307 e. The fourth-order valence-electron chi connectivity index (χ4n) is 2.04. The van der Waals surface area contributed by atoms with Crippen molar-refractivity contribution in [3.05, 3.63) is 46.1 Å². The Morgan fingerprint density at radius 2 is 2.17 bits per heavy atom. The molecule has 0 unspecified atom stereocenters. The number of carbonyl (C=O) groups is 2. The second kappa shape index (κ2) is 6.80. The fourth-order valence-corrected chi connectivity index (χ4v) is 3.91. The number of thioether (sulfide) groups is 1. The molecule has 1 saturated heterocycles. The molecule has 2 aromatic rings. The highest BCUT2D eigenvalue weighted by Gasteiger charge is 2.24. The first-order valence-corrected chi connectivity index (χ1v) is 8.82. The number of para-hydroxylation sites is 1. The molecule has 2 amide bonds. The number of halogens is 1. The molecule has 3 rings (SSSR count). The summed E-state index contributed by atoms with van der Waals surface area (Å²) in [6.45, 7) is 1.34. The predicted molar refractivity (Wildman–Crippen MR) is 97.6 cm³/mol. The summed E-state index contributed by atoms with van der Waals surface area (Å²) in [6, 6.07) is 5.98. The zero-order chi connectivity index (χ0) is 17.3. The molecule has 0 spiro atoms. The maximum absolute atomic E-state index is 14.0. The molecule has 0 atom stereocenters. The van der Waals surface area contributed by atoms with Crippen molar-refractivity contribution in [1.29, 1.82) is 0 Å². The zero-order valence-corrected chi connectivity index (χ0v) is 14.7. The molecule has 1 aliphatic rings. The van der Waals surface area contributed by atoms with E-state index < -0.39 is 5.82 Å². The quantitative estimate of drug-likeness (QED) is 0.654. The minimum absolute atomic E-state index is 0.132. The molecule has 0 bridgehead atoms. The Morgan fingerprint density at radius 1 is 1.42 bits per heavy atom. The number of anilines is 2. The van der Waals surface area contributed by atoms with Crippen LogP contribution in [0.4, 0.5) is 15.2 Å². The van der Waals surface area contributed by atoms with Gasteiger partial charge in [-0.2, -0.15) is 0 Å². The number of thiocarbonyl (C=S) groups is 1. The van der Waals surface area contributed by atoms with Crippen molar-refractivity contribution in [3.63, 3.8) is 0 Å². The average Bonchev–Trinajstić information content (AvgIpc) is 3.08. The van der Waals surface area contributed by atoms with E-state index in [0.29, 0.717) is 20.1 Å². The minimum atomic E-state index is -0.515. The van der Waals surface area contributed by atoms with E-state index in [1.54, 1.807) is 23.6 Å². The number of hydrogen-bond acceptors (Lipinski definition) is 6. The molecule has 5 nitrogen and oxygen atoms in total. The molecule has 1 aromatic heterocycles. The van der Waals surface area contributed by atoms with Crippen LogP contribution in [0.1, 0.15) is 12.6 Å². The third-order valence-electron chi connectivity index (χ3n) is 3.03. The molecule has 0 aliphatic carbocycles. The molecule has 1 aliphatic heterocycles. The Kier molecular flexibility index (Phi) is 4.74. The molecule has 2 heterocycles. The van der Waals surface area contributed by atoms with Gasteiger partial charge in [-0.3, -0.25) is 14.5 Å². The Hall–Kier alpha value is -2.10. The van der Waals surface area contributed by atoms with E-state index in [-0.39, 0.29) is 17.5 Å². The lowest BCUT2D eigenvalue weighted by Gasteiger charge is -2.18. The molecule has 9 heteroatoms. The molecule has 1 aromatic carbocycles. The van der Waals surface area contributed by atoms with Gasteiger partial charge in [0.15, 0.2) is 5.13 Å². The number of carbonyl (C=O) groups excluding carboxylic acids is 2. The summed E-state index contributed by atoms with van der Waals surface area (Å²) < 4.78 is 14.4. The van der Waals surface area contributed by atoms with Crippen molar-refractivity contribution in [2.24, 2.45) is 0 Å². The molecule has 1 N–H and O–H groups in total. The minimum Gasteiger partial charge on any atom is -0.307 e. The van der Waals surface area contributed by atoms with Crippen molar-refractivity contribution in [3.8, 4) is 0 Å². The lowest BCUT2D eigenvalue weighted by atomic mass is 10.3. The van der Waals surface area contributed by atoms with Crippen LogP contribution in [0.25, 0.3) is 6.08 Å². The van der Waals surface area contributed by atoms with E-state index in [0.717, 1.165) is 11.8 Å². The van der Waals surface area contributed by atoms with Gasteiger partial charge in [0.05, 0.1) is 16.3 Å². The monoisotopic (exact) mass is 379 g/mol. The van der Waals surface area contributed by atoms with Crippen LogP contribution in [-0.2, 0) is 9.59 Å². The predicted octanol–water partition coefficient (Wildman–Crippen LogP) is 3.46. The van der Waals surface area contributed by atoms with Gasteiger partial charge in [0.1, 0.15) is 10.1 Å². The number of rotatable bonds is 3. The molecule has 122 valence electrons. The zero-order valence-electron chi connectivity index (χ0n) is 12.3. The highest BCUT2D eigenvalue weighted by Crippen LogP contribution is 2.32. The molecular formula is C15H10FN3O2S3. The lowest BCUT2D eigenvalue weighted by molar-refractivity contribution is -0.116. The average molecular weight is 379 g/mol. The number of aromatic nitrogens is 1. The number of nitrogens with zero attached hydrogens (tertiary/aromatic N) is 2. The van der Waals surface area contributed by atoms with Crippen LogP contribution in [0.15, 0.2) is 34.6 Å². The highest BCUT2D eigenvalue weighted by molar-refractivity contribution is 8.26. The second-order valence-corrected chi connectivity index (χ2v) is 7.27. The van der Waals surface area contributed by atoms with Gasteiger partial charge in [-0.1, -0.05) is 36.1 Å². The van der Waals surface area contributed by atoms with Crippen molar-refractivity contribution in [2.45, 2.75) is 6.92 Å². The summed E-state index contributed by atoms with van der Waals surface area (Å²) in [5, 5.41) is 4.53. The number of nitrogens with one attached hydrogen (secondary N) is 1. The van der Waals surface area contributed by atoms with E-state index in [1.807, 2.05) is 0 Å². The van der Waals surface area contributed by atoms with Gasteiger partial charge >= 0.3 is 0 Å². The normalized spacial score (nSPS) is 15.7. The van der Waals surface area contributed by atoms with Crippen molar-refractivity contribution in [1.82, 2.24) is 10.3 Å². The molecule has 0 saturated carbocycles. The van der Waals surface area contributed by atoms with Crippen LogP contribution in [0.5, 0.6) is 0 Å². The third kappa shape index (κ3) is 3.37. The molecular weight excluding hydrogens is 369 g/mol. The number of hydrogen-bond donors (Lipinski definition) is 1. The van der Waals surface area contributed by atoms with E-state index in [2.05, 4.69) is 10.3 Å².